The summed E-state index contributed by atoms with van der Waals surface area (Å²) in [6, 6.07) is 14.2. The van der Waals surface area contributed by atoms with Gasteiger partial charge in [-0.05, 0) is 78.3 Å². The fourth-order valence-electron chi connectivity index (χ4n) is 2.93. The van der Waals surface area contributed by atoms with E-state index in [0.29, 0.717) is 17.2 Å². The molecule has 2 aromatic rings. The van der Waals surface area contributed by atoms with Gasteiger partial charge in [-0.15, -0.1) is 0 Å². The molecule has 5 nitrogen and oxygen atoms in total. The van der Waals surface area contributed by atoms with Crippen LogP contribution in [0.15, 0.2) is 48.5 Å². The predicted octanol–water partition coefficient (Wildman–Crippen LogP) is 5.05. The summed E-state index contributed by atoms with van der Waals surface area (Å²) < 4.78 is 6.77. The number of amides is 2. The van der Waals surface area contributed by atoms with Gasteiger partial charge < -0.3 is 15.0 Å². The van der Waals surface area contributed by atoms with Crippen LogP contribution in [0.3, 0.4) is 0 Å². The molecule has 0 unspecified atom stereocenters. The van der Waals surface area contributed by atoms with E-state index in [1.54, 1.807) is 11.0 Å². The van der Waals surface area contributed by atoms with Crippen LogP contribution in [0, 0.1) is 3.57 Å². The largest absolute Gasteiger partial charge is 0.484 e. The quantitative estimate of drug-likeness (QED) is 0.428. The molecule has 0 radical (unpaired) electrons. The van der Waals surface area contributed by atoms with Crippen molar-refractivity contribution in [1.29, 1.82) is 0 Å². The summed E-state index contributed by atoms with van der Waals surface area (Å²) in [7, 11) is 0. The second kappa shape index (κ2) is 12.2. The van der Waals surface area contributed by atoms with E-state index in [1.807, 2.05) is 63.2 Å². The molecule has 0 aliphatic rings. The molecule has 0 aliphatic heterocycles. The third-order valence-corrected chi connectivity index (χ3v) is 5.95. The van der Waals surface area contributed by atoms with Crippen molar-refractivity contribution in [3.63, 3.8) is 0 Å². The van der Waals surface area contributed by atoms with Crippen molar-refractivity contribution in [2.45, 2.75) is 52.2 Å². The molecular weight excluding hydrogens is 515 g/mol. The van der Waals surface area contributed by atoms with Crippen molar-refractivity contribution in [1.82, 2.24) is 10.2 Å². The van der Waals surface area contributed by atoms with Gasteiger partial charge in [-0.2, -0.15) is 0 Å². The first-order valence-corrected chi connectivity index (χ1v) is 11.5. The number of rotatable bonds is 10. The molecule has 2 rings (SSSR count). The summed E-state index contributed by atoms with van der Waals surface area (Å²) in [6.45, 7) is 5.94. The Balaban J connectivity index is 2.21. The Bertz CT molecular complexity index is 845. The lowest BCUT2D eigenvalue weighted by molar-refractivity contribution is -0.143. The van der Waals surface area contributed by atoms with Crippen LogP contribution in [0.4, 0.5) is 0 Å². The van der Waals surface area contributed by atoms with E-state index in [0.717, 1.165) is 15.6 Å². The number of ether oxygens (including phenoxy) is 1. The summed E-state index contributed by atoms with van der Waals surface area (Å²) in [6.07, 6.45) is 1.30. The van der Waals surface area contributed by atoms with Crippen LogP contribution in [0.5, 0.6) is 5.75 Å². The zero-order valence-electron chi connectivity index (χ0n) is 17.5. The molecule has 0 aliphatic carbocycles. The first-order valence-electron chi connectivity index (χ1n) is 10.1. The zero-order valence-corrected chi connectivity index (χ0v) is 20.4. The standard InChI is InChI=1S/C23H28ClIN2O3/c1-4-16(3)26-23(29)21(5-2)27(14-17-8-6-7-9-20(17)24)22(28)15-30-19-12-10-18(25)11-13-19/h6-13,16,21H,4-5,14-15H2,1-3H3,(H,26,29)/t16-,21+/m1/s1. The number of carbonyl (C=O) groups excluding carboxylic acids is 2. The molecule has 162 valence electrons. The molecule has 2 amide bonds. The monoisotopic (exact) mass is 542 g/mol. The summed E-state index contributed by atoms with van der Waals surface area (Å²) in [4.78, 5) is 27.6. The van der Waals surface area contributed by atoms with E-state index in [1.165, 1.54) is 0 Å². The Kier molecular flexibility index (Phi) is 9.91. The smallest absolute Gasteiger partial charge is 0.261 e. The van der Waals surface area contributed by atoms with Crippen LogP contribution in [-0.4, -0.2) is 35.4 Å². The lowest BCUT2D eigenvalue weighted by atomic mass is 10.1. The summed E-state index contributed by atoms with van der Waals surface area (Å²) in [5, 5.41) is 3.55. The van der Waals surface area contributed by atoms with Gasteiger partial charge in [-0.25, -0.2) is 0 Å². The van der Waals surface area contributed by atoms with Gasteiger partial charge in [-0.3, -0.25) is 9.59 Å². The molecule has 1 N–H and O–H groups in total. The van der Waals surface area contributed by atoms with Gasteiger partial charge in [0.05, 0.1) is 0 Å². The minimum Gasteiger partial charge on any atom is -0.484 e. The highest BCUT2D eigenvalue weighted by molar-refractivity contribution is 14.1. The maximum atomic E-state index is 13.1. The summed E-state index contributed by atoms with van der Waals surface area (Å²) in [5.74, 6) is 0.180. The first kappa shape index (κ1) is 24.5. The van der Waals surface area contributed by atoms with E-state index in [4.69, 9.17) is 16.3 Å². The van der Waals surface area contributed by atoms with Crippen LogP contribution < -0.4 is 10.1 Å². The molecule has 0 spiro atoms. The van der Waals surface area contributed by atoms with Crippen molar-refractivity contribution in [3.8, 4) is 5.75 Å². The van der Waals surface area contributed by atoms with Crippen molar-refractivity contribution in [2.24, 2.45) is 0 Å². The van der Waals surface area contributed by atoms with Gasteiger partial charge in [0.1, 0.15) is 11.8 Å². The van der Waals surface area contributed by atoms with Crippen LogP contribution >= 0.6 is 34.2 Å². The maximum Gasteiger partial charge on any atom is 0.261 e. The number of halogens is 2. The van der Waals surface area contributed by atoms with Crippen molar-refractivity contribution in [3.05, 3.63) is 62.7 Å². The molecule has 0 fully saturated rings. The Morgan fingerprint density at radius 3 is 2.37 bits per heavy atom. The minimum atomic E-state index is -0.608. The molecule has 0 bridgehead atoms. The van der Waals surface area contributed by atoms with E-state index in [2.05, 4.69) is 27.9 Å². The second-order valence-corrected chi connectivity index (χ2v) is 8.75. The molecule has 2 aromatic carbocycles. The lowest BCUT2D eigenvalue weighted by Gasteiger charge is -2.31. The van der Waals surface area contributed by atoms with Gasteiger partial charge in [0.25, 0.3) is 5.91 Å². The average Bonchev–Trinajstić information content (AvgIpc) is 2.74. The highest BCUT2D eigenvalue weighted by atomic mass is 127. The highest BCUT2D eigenvalue weighted by Gasteiger charge is 2.29. The number of nitrogens with zero attached hydrogens (tertiary/aromatic N) is 1. The normalized spacial score (nSPS) is 12.7. The lowest BCUT2D eigenvalue weighted by Crippen LogP contribution is -2.51. The van der Waals surface area contributed by atoms with Crippen molar-refractivity contribution < 1.29 is 14.3 Å². The molecule has 30 heavy (non-hydrogen) atoms. The van der Waals surface area contributed by atoms with Crippen LogP contribution in [-0.2, 0) is 16.1 Å². The minimum absolute atomic E-state index is 0.0341. The third-order valence-electron chi connectivity index (χ3n) is 4.86. The van der Waals surface area contributed by atoms with Gasteiger partial charge >= 0.3 is 0 Å². The Morgan fingerprint density at radius 1 is 1.10 bits per heavy atom. The van der Waals surface area contributed by atoms with Crippen LogP contribution in [0.2, 0.25) is 5.02 Å². The van der Waals surface area contributed by atoms with Gasteiger partial charge in [0.15, 0.2) is 6.61 Å². The molecule has 2 atom stereocenters. The van der Waals surface area contributed by atoms with Crippen LogP contribution in [0.25, 0.3) is 0 Å². The van der Waals surface area contributed by atoms with E-state index in [9.17, 15) is 9.59 Å². The number of nitrogens with one attached hydrogen (secondary N) is 1. The molecule has 7 heteroatoms. The topological polar surface area (TPSA) is 58.6 Å². The number of carbonyl (C=O) groups is 2. The van der Waals surface area contributed by atoms with E-state index in [-0.39, 0.29) is 31.0 Å². The summed E-state index contributed by atoms with van der Waals surface area (Å²) >= 11 is 8.53. The van der Waals surface area contributed by atoms with Crippen LogP contribution in [0.1, 0.15) is 39.2 Å². The average molecular weight is 543 g/mol. The molecule has 0 saturated heterocycles. The fraction of sp³-hybridized carbons (Fsp3) is 0.391. The van der Waals surface area contributed by atoms with E-state index >= 15 is 0 Å². The molecule has 0 heterocycles. The molecule has 0 aromatic heterocycles. The Hall–Kier alpha value is -1.80. The van der Waals surface area contributed by atoms with Gasteiger partial charge in [0, 0.05) is 21.2 Å². The first-order chi connectivity index (χ1) is 14.3. The zero-order chi connectivity index (χ0) is 22.1. The van der Waals surface area contributed by atoms with Gasteiger partial charge in [-0.1, -0.05) is 43.6 Å². The predicted molar refractivity (Wildman–Crippen MR) is 129 cm³/mol. The number of hydrogen-bond acceptors (Lipinski definition) is 3. The highest BCUT2D eigenvalue weighted by Crippen LogP contribution is 2.20. The van der Waals surface area contributed by atoms with E-state index < -0.39 is 6.04 Å². The molecular formula is C23H28ClIN2O3. The second-order valence-electron chi connectivity index (χ2n) is 7.10. The summed E-state index contributed by atoms with van der Waals surface area (Å²) in [5.41, 5.74) is 0.788. The van der Waals surface area contributed by atoms with Crippen molar-refractivity contribution in [2.75, 3.05) is 6.61 Å². The molecule has 0 saturated carbocycles. The SMILES string of the molecule is CC[C@@H](C)NC(=O)[C@H](CC)N(Cc1ccccc1Cl)C(=O)COc1ccc(I)cc1. The number of benzene rings is 2. The fourth-order valence-corrected chi connectivity index (χ4v) is 3.48. The Labute approximate surface area is 197 Å². The third kappa shape index (κ3) is 7.16. The van der Waals surface area contributed by atoms with Crippen molar-refractivity contribution >= 4 is 46.0 Å². The maximum absolute atomic E-state index is 13.1. The number of hydrogen-bond donors (Lipinski definition) is 1. The Morgan fingerprint density at radius 2 is 1.77 bits per heavy atom. The van der Waals surface area contributed by atoms with Gasteiger partial charge in [0.2, 0.25) is 5.91 Å².